The van der Waals surface area contributed by atoms with E-state index >= 15 is 0 Å². The van der Waals surface area contributed by atoms with Crippen LogP contribution in [0.4, 0.5) is 0 Å². The molecule has 0 aromatic heterocycles. The van der Waals surface area contributed by atoms with E-state index < -0.39 is 0 Å². The van der Waals surface area contributed by atoms with Crippen molar-refractivity contribution in [2.75, 3.05) is 12.4 Å². The second kappa shape index (κ2) is 7.37. The minimum absolute atomic E-state index is 0.305. The van der Waals surface area contributed by atoms with Gasteiger partial charge in [0.2, 0.25) is 5.91 Å². The van der Waals surface area contributed by atoms with Crippen molar-refractivity contribution in [3.8, 4) is 0 Å². The molecule has 0 N–H and O–H groups in total. The Kier molecular flexibility index (Phi) is 5.81. The third-order valence-corrected chi connectivity index (χ3v) is 4.97. The quantitative estimate of drug-likeness (QED) is 0.709. The number of likely N-dealkylation sites (tertiary alicyclic amines) is 1. The molecule has 0 aromatic rings. The summed E-state index contributed by atoms with van der Waals surface area (Å²) in [6.07, 6.45) is 12.1. The molecule has 1 saturated carbocycles. The summed E-state index contributed by atoms with van der Waals surface area (Å²) in [5.74, 6) is 1.77. The van der Waals surface area contributed by atoms with Crippen molar-refractivity contribution in [1.82, 2.24) is 4.90 Å². The zero-order chi connectivity index (χ0) is 12.8. The second-order valence-corrected chi connectivity index (χ2v) is 6.24. The van der Waals surface area contributed by atoms with E-state index in [1.807, 2.05) is 0 Å². The maximum atomic E-state index is 12.3. The molecule has 0 spiro atoms. The van der Waals surface area contributed by atoms with Crippen LogP contribution >= 0.6 is 11.6 Å². The molecule has 1 aliphatic carbocycles. The third kappa shape index (κ3) is 3.88. The van der Waals surface area contributed by atoms with Crippen LogP contribution in [0.15, 0.2) is 0 Å². The van der Waals surface area contributed by atoms with E-state index in [1.54, 1.807) is 0 Å². The lowest BCUT2D eigenvalue weighted by molar-refractivity contribution is -0.134. The van der Waals surface area contributed by atoms with Gasteiger partial charge in [0.15, 0.2) is 0 Å². The zero-order valence-corrected chi connectivity index (χ0v) is 12.1. The fraction of sp³-hybridized carbons (Fsp3) is 0.933. The van der Waals surface area contributed by atoms with Gasteiger partial charge in [0, 0.05) is 24.9 Å². The van der Waals surface area contributed by atoms with Gasteiger partial charge in [0.1, 0.15) is 0 Å². The van der Waals surface area contributed by atoms with Gasteiger partial charge in [-0.2, -0.15) is 0 Å². The molecule has 2 aliphatic rings. The highest BCUT2D eigenvalue weighted by atomic mass is 35.5. The number of hydrogen-bond acceptors (Lipinski definition) is 1. The second-order valence-electron chi connectivity index (χ2n) is 5.93. The smallest absolute Gasteiger partial charge is 0.222 e. The lowest BCUT2D eigenvalue weighted by atomic mass is 9.86. The number of carbonyl (C=O) groups is 1. The van der Waals surface area contributed by atoms with Gasteiger partial charge in [0.25, 0.3) is 0 Å². The Hall–Kier alpha value is -0.240. The molecule has 1 saturated heterocycles. The average molecular weight is 272 g/mol. The van der Waals surface area contributed by atoms with Crippen molar-refractivity contribution in [2.45, 2.75) is 70.3 Å². The average Bonchev–Trinajstić information content (AvgIpc) is 2.45. The SMILES string of the molecule is O=C(CCC1CCCCC1)N1CCCCC1CCl. The molecule has 1 atom stereocenters. The molecule has 0 radical (unpaired) electrons. The van der Waals surface area contributed by atoms with E-state index in [2.05, 4.69) is 4.90 Å². The summed E-state index contributed by atoms with van der Waals surface area (Å²) >= 11 is 5.97. The lowest BCUT2D eigenvalue weighted by Crippen LogP contribution is -2.44. The molecule has 1 unspecified atom stereocenters. The number of hydrogen-bond donors (Lipinski definition) is 0. The van der Waals surface area contributed by atoms with Crippen molar-refractivity contribution in [2.24, 2.45) is 5.92 Å². The third-order valence-electron chi connectivity index (χ3n) is 4.62. The Morgan fingerprint density at radius 3 is 2.50 bits per heavy atom. The van der Waals surface area contributed by atoms with Crippen LogP contribution in [-0.4, -0.2) is 29.3 Å². The summed E-state index contributed by atoms with van der Waals surface area (Å²) in [6, 6.07) is 0.305. The highest BCUT2D eigenvalue weighted by molar-refractivity contribution is 6.18. The predicted octanol–water partition coefficient (Wildman–Crippen LogP) is 3.97. The van der Waals surface area contributed by atoms with Crippen LogP contribution in [0.1, 0.15) is 64.2 Å². The summed E-state index contributed by atoms with van der Waals surface area (Å²) in [6.45, 7) is 0.931. The van der Waals surface area contributed by atoms with Gasteiger partial charge in [-0.1, -0.05) is 32.1 Å². The number of halogens is 1. The van der Waals surface area contributed by atoms with Crippen LogP contribution in [-0.2, 0) is 4.79 Å². The number of nitrogens with zero attached hydrogens (tertiary/aromatic N) is 1. The molecule has 2 nitrogen and oxygen atoms in total. The molecule has 1 amide bonds. The van der Waals surface area contributed by atoms with Gasteiger partial charge in [-0.15, -0.1) is 11.6 Å². The highest BCUT2D eigenvalue weighted by Crippen LogP contribution is 2.28. The summed E-state index contributed by atoms with van der Waals surface area (Å²) < 4.78 is 0. The van der Waals surface area contributed by atoms with Gasteiger partial charge in [0.05, 0.1) is 0 Å². The molecule has 2 rings (SSSR count). The van der Waals surface area contributed by atoms with Crippen LogP contribution in [0.3, 0.4) is 0 Å². The number of carbonyl (C=O) groups excluding carboxylic acids is 1. The topological polar surface area (TPSA) is 20.3 Å². The number of amides is 1. The Balaban J connectivity index is 1.75. The predicted molar refractivity (Wildman–Crippen MR) is 75.9 cm³/mol. The Morgan fingerprint density at radius 2 is 1.78 bits per heavy atom. The van der Waals surface area contributed by atoms with Gasteiger partial charge >= 0.3 is 0 Å². The van der Waals surface area contributed by atoms with Crippen LogP contribution in [0.25, 0.3) is 0 Å². The van der Waals surface area contributed by atoms with E-state index in [0.717, 1.165) is 38.1 Å². The number of rotatable bonds is 4. The first kappa shape index (κ1) is 14.2. The zero-order valence-electron chi connectivity index (χ0n) is 11.4. The molecule has 3 heteroatoms. The lowest BCUT2D eigenvalue weighted by Gasteiger charge is -2.35. The standard InChI is InChI=1S/C15H26ClNO/c16-12-14-8-4-5-11-17(14)15(18)10-9-13-6-2-1-3-7-13/h13-14H,1-12H2. The van der Waals surface area contributed by atoms with Gasteiger partial charge < -0.3 is 4.90 Å². The minimum Gasteiger partial charge on any atom is -0.339 e. The Labute approximate surface area is 116 Å². The molecular formula is C15H26ClNO. The van der Waals surface area contributed by atoms with Crippen LogP contribution < -0.4 is 0 Å². The van der Waals surface area contributed by atoms with Gasteiger partial charge in [-0.3, -0.25) is 4.79 Å². The van der Waals surface area contributed by atoms with Gasteiger partial charge in [-0.05, 0) is 31.6 Å². The van der Waals surface area contributed by atoms with E-state index in [4.69, 9.17) is 11.6 Å². The van der Waals surface area contributed by atoms with Crippen molar-refractivity contribution < 1.29 is 4.79 Å². The summed E-state index contributed by atoms with van der Waals surface area (Å²) in [4.78, 5) is 14.3. The largest absolute Gasteiger partial charge is 0.339 e. The monoisotopic (exact) mass is 271 g/mol. The van der Waals surface area contributed by atoms with E-state index in [9.17, 15) is 4.79 Å². The summed E-state index contributed by atoms with van der Waals surface area (Å²) in [7, 11) is 0. The van der Waals surface area contributed by atoms with Crippen molar-refractivity contribution in [1.29, 1.82) is 0 Å². The molecular weight excluding hydrogens is 246 g/mol. The van der Waals surface area contributed by atoms with Crippen molar-refractivity contribution in [3.63, 3.8) is 0 Å². The molecule has 18 heavy (non-hydrogen) atoms. The molecule has 0 bridgehead atoms. The Bertz CT molecular complexity index is 263. The first-order chi connectivity index (χ1) is 8.81. The summed E-state index contributed by atoms with van der Waals surface area (Å²) in [5.41, 5.74) is 0. The summed E-state index contributed by atoms with van der Waals surface area (Å²) in [5, 5.41) is 0. The van der Waals surface area contributed by atoms with Gasteiger partial charge in [-0.25, -0.2) is 0 Å². The minimum atomic E-state index is 0.305. The van der Waals surface area contributed by atoms with Crippen LogP contribution in [0.5, 0.6) is 0 Å². The first-order valence-electron chi connectivity index (χ1n) is 7.66. The molecule has 1 aliphatic heterocycles. The normalized spacial score (nSPS) is 26.3. The fourth-order valence-electron chi connectivity index (χ4n) is 3.44. The molecule has 1 heterocycles. The maximum absolute atomic E-state index is 12.3. The highest BCUT2D eigenvalue weighted by Gasteiger charge is 2.26. The van der Waals surface area contributed by atoms with E-state index in [-0.39, 0.29) is 0 Å². The van der Waals surface area contributed by atoms with Crippen molar-refractivity contribution >= 4 is 17.5 Å². The van der Waals surface area contributed by atoms with Crippen LogP contribution in [0, 0.1) is 5.92 Å². The van der Waals surface area contributed by atoms with E-state index in [1.165, 1.54) is 38.5 Å². The number of piperidine rings is 1. The fourth-order valence-corrected chi connectivity index (χ4v) is 3.76. The Morgan fingerprint density at radius 1 is 1.06 bits per heavy atom. The molecule has 2 fully saturated rings. The molecule has 0 aromatic carbocycles. The first-order valence-corrected chi connectivity index (χ1v) is 8.20. The molecule has 104 valence electrons. The maximum Gasteiger partial charge on any atom is 0.222 e. The van der Waals surface area contributed by atoms with Crippen LogP contribution in [0.2, 0.25) is 0 Å². The van der Waals surface area contributed by atoms with E-state index in [0.29, 0.717) is 17.8 Å². The number of alkyl halides is 1. The van der Waals surface area contributed by atoms with Crippen molar-refractivity contribution in [3.05, 3.63) is 0 Å².